The number of methoxy groups -OCH3 is 1. The van der Waals surface area contributed by atoms with Crippen molar-refractivity contribution >= 4 is 6.21 Å². The number of aromatic hydroxyl groups is 1. The standard InChI is InChI=1S/C16H17NO2/c1-12-3-5-13(6-4-12)10-17-11-14-9-15(19-2)7-8-16(14)18/h3-9,11,18H,10H2,1-2H3. The number of aryl methyl sites for hydroxylation is 1. The number of nitrogens with zero attached hydrogens (tertiary/aromatic N) is 1. The first kappa shape index (κ1) is 13.1. The maximum absolute atomic E-state index is 9.72. The van der Waals surface area contributed by atoms with Crippen LogP contribution in [0.5, 0.6) is 11.5 Å². The van der Waals surface area contributed by atoms with E-state index in [0.29, 0.717) is 17.9 Å². The lowest BCUT2D eigenvalue weighted by molar-refractivity contribution is 0.412. The smallest absolute Gasteiger partial charge is 0.124 e. The van der Waals surface area contributed by atoms with Crippen LogP contribution >= 0.6 is 0 Å². The highest BCUT2D eigenvalue weighted by Crippen LogP contribution is 2.21. The highest BCUT2D eigenvalue weighted by atomic mass is 16.5. The van der Waals surface area contributed by atoms with Gasteiger partial charge in [0.1, 0.15) is 11.5 Å². The van der Waals surface area contributed by atoms with E-state index < -0.39 is 0 Å². The Morgan fingerprint density at radius 3 is 2.58 bits per heavy atom. The van der Waals surface area contributed by atoms with E-state index >= 15 is 0 Å². The molecule has 0 fully saturated rings. The third-order valence-electron chi connectivity index (χ3n) is 2.86. The van der Waals surface area contributed by atoms with E-state index in [1.165, 1.54) is 5.56 Å². The van der Waals surface area contributed by atoms with E-state index in [-0.39, 0.29) is 5.75 Å². The van der Waals surface area contributed by atoms with Crippen molar-refractivity contribution in [3.05, 3.63) is 59.2 Å². The average Bonchev–Trinajstić information content (AvgIpc) is 2.43. The van der Waals surface area contributed by atoms with Crippen LogP contribution in [-0.2, 0) is 6.54 Å². The van der Waals surface area contributed by atoms with Crippen LogP contribution in [0.3, 0.4) is 0 Å². The molecular weight excluding hydrogens is 238 g/mol. The van der Waals surface area contributed by atoms with Crippen LogP contribution in [0.4, 0.5) is 0 Å². The van der Waals surface area contributed by atoms with Crippen molar-refractivity contribution in [2.75, 3.05) is 7.11 Å². The van der Waals surface area contributed by atoms with Crippen molar-refractivity contribution in [2.45, 2.75) is 13.5 Å². The van der Waals surface area contributed by atoms with Gasteiger partial charge in [0.05, 0.1) is 13.7 Å². The molecule has 0 spiro atoms. The molecule has 1 N–H and O–H groups in total. The molecule has 2 rings (SSSR count). The Hall–Kier alpha value is -2.29. The molecule has 0 unspecified atom stereocenters. The van der Waals surface area contributed by atoms with E-state index in [4.69, 9.17) is 4.74 Å². The SMILES string of the molecule is COc1ccc(O)c(C=NCc2ccc(C)cc2)c1. The van der Waals surface area contributed by atoms with Gasteiger partial charge in [-0.15, -0.1) is 0 Å². The Balaban J connectivity index is 2.08. The summed E-state index contributed by atoms with van der Waals surface area (Å²) in [4.78, 5) is 4.34. The van der Waals surface area contributed by atoms with E-state index in [2.05, 4.69) is 36.2 Å². The molecule has 3 heteroatoms. The topological polar surface area (TPSA) is 41.8 Å². The molecule has 0 atom stereocenters. The minimum Gasteiger partial charge on any atom is -0.507 e. The predicted molar refractivity (Wildman–Crippen MR) is 77.1 cm³/mol. The molecule has 0 saturated heterocycles. The monoisotopic (exact) mass is 255 g/mol. The molecule has 0 saturated carbocycles. The van der Waals surface area contributed by atoms with E-state index in [1.807, 2.05) is 0 Å². The molecular formula is C16H17NO2. The molecule has 3 nitrogen and oxygen atoms in total. The molecule has 0 amide bonds. The van der Waals surface area contributed by atoms with Crippen LogP contribution in [0.15, 0.2) is 47.5 Å². The lowest BCUT2D eigenvalue weighted by Gasteiger charge is -2.03. The highest BCUT2D eigenvalue weighted by Gasteiger charge is 2.00. The fourth-order valence-corrected chi connectivity index (χ4v) is 1.71. The van der Waals surface area contributed by atoms with Crippen molar-refractivity contribution in [3.63, 3.8) is 0 Å². The minimum absolute atomic E-state index is 0.202. The Labute approximate surface area is 113 Å². The molecule has 0 aliphatic heterocycles. The average molecular weight is 255 g/mol. The number of benzene rings is 2. The maximum atomic E-state index is 9.72. The summed E-state index contributed by atoms with van der Waals surface area (Å²) in [5.74, 6) is 0.906. The number of rotatable bonds is 4. The van der Waals surface area contributed by atoms with E-state index in [1.54, 1.807) is 31.5 Å². The summed E-state index contributed by atoms with van der Waals surface area (Å²) in [6.07, 6.45) is 1.66. The van der Waals surface area contributed by atoms with Crippen molar-refractivity contribution < 1.29 is 9.84 Å². The number of phenolic OH excluding ortho intramolecular Hbond substituents is 1. The Kier molecular flexibility index (Phi) is 4.18. The quantitative estimate of drug-likeness (QED) is 0.851. The second-order valence-electron chi connectivity index (χ2n) is 4.38. The second kappa shape index (κ2) is 6.05. The Morgan fingerprint density at radius 1 is 1.16 bits per heavy atom. The zero-order valence-corrected chi connectivity index (χ0v) is 11.1. The number of ether oxygens (including phenoxy) is 1. The zero-order chi connectivity index (χ0) is 13.7. The van der Waals surface area contributed by atoms with Gasteiger partial charge in [0.25, 0.3) is 0 Å². The van der Waals surface area contributed by atoms with Gasteiger partial charge in [0.2, 0.25) is 0 Å². The second-order valence-corrected chi connectivity index (χ2v) is 4.38. The summed E-state index contributed by atoms with van der Waals surface area (Å²) in [5.41, 5.74) is 3.04. The lowest BCUT2D eigenvalue weighted by atomic mass is 10.1. The summed E-state index contributed by atoms with van der Waals surface area (Å²) in [5, 5.41) is 9.72. The molecule has 0 aliphatic rings. The minimum atomic E-state index is 0.202. The summed E-state index contributed by atoms with van der Waals surface area (Å²) in [7, 11) is 1.60. The Bertz CT molecular complexity index is 574. The summed E-state index contributed by atoms with van der Waals surface area (Å²) < 4.78 is 5.11. The van der Waals surface area contributed by atoms with Gasteiger partial charge in [-0.1, -0.05) is 29.8 Å². The van der Waals surface area contributed by atoms with Crippen LogP contribution < -0.4 is 4.74 Å². The molecule has 0 radical (unpaired) electrons. The van der Waals surface area contributed by atoms with Gasteiger partial charge in [0, 0.05) is 11.8 Å². The first-order valence-corrected chi connectivity index (χ1v) is 6.11. The number of hydrogen-bond donors (Lipinski definition) is 1. The largest absolute Gasteiger partial charge is 0.507 e. The van der Waals surface area contributed by atoms with Crippen LogP contribution in [0.25, 0.3) is 0 Å². The summed E-state index contributed by atoms with van der Waals surface area (Å²) >= 11 is 0. The van der Waals surface area contributed by atoms with Gasteiger partial charge in [-0.2, -0.15) is 0 Å². The first-order chi connectivity index (χ1) is 9.19. The van der Waals surface area contributed by atoms with Crippen molar-refractivity contribution in [1.82, 2.24) is 0 Å². The third kappa shape index (κ3) is 3.58. The summed E-state index contributed by atoms with van der Waals surface area (Å²) in [6.45, 7) is 2.65. The molecule has 98 valence electrons. The van der Waals surface area contributed by atoms with Crippen molar-refractivity contribution in [3.8, 4) is 11.5 Å². The van der Waals surface area contributed by atoms with Crippen LogP contribution in [0.1, 0.15) is 16.7 Å². The van der Waals surface area contributed by atoms with Crippen molar-refractivity contribution in [2.24, 2.45) is 4.99 Å². The zero-order valence-electron chi connectivity index (χ0n) is 11.1. The molecule has 0 heterocycles. The molecule has 0 aliphatic carbocycles. The van der Waals surface area contributed by atoms with Gasteiger partial charge in [-0.25, -0.2) is 0 Å². The Morgan fingerprint density at radius 2 is 1.89 bits per heavy atom. The number of aliphatic imine (C=N–C) groups is 1. The van der Waals surface area contributed by atoms with E-state index in [9.17, 15) is 5.11 Å². The van der Waals surface area contributed by atoms with Crippen molar-refractivity contribution in [1.29, 1.82) is 0 Å². The van der Waals surface area contributed by atoms with Crippen LogP contribution in [-0.4, -0.2) is 18.4 Å². The molecule has 19 heavy (non-hydrogen) atoms. The number of hydrogen-bond acceptors (Lipinski definition) is 3. The fourth-order valence-electron chi connectivity index (χ4n) is 1.71. The molecule has 2 aromatic carbocycles. The third-order valence-corrected chi connectivity index (χ3v) is 2.86. The van der Waals surface area contributed by atoms with Crippen LogP contribution in [0, 0.1) is 6.92 Å². The molecule has 2 aromatic rings. The maximum Gasteiger partial charge on any atom is 0.124 e. The van der Waals surface area contributed by atoms with Gasteiger partial charge >= 0.3 is 0 Å². The number of phenols is 1. The first-order valence-electron chi connectivity index (χ1n) is 6.11. The summed E-state index contributed by atoms with van der Waals surface area (Å²) in [6, 6.07) is 13.3. The highest BCUT2D eigenvalue weighted by molar-refractivity contribution is 5.84. The van der Waals surface area contributed by atoms with E-state index in [0.717, 1.165) is 5.56 Å². The normalized spacial score (nSPS) is 10.8. The van der Waals surface area contributed by atoms with Gasteiger partial charge in [0.15, 0.2) is 0 Å². The van der Waals surface area contributed by atoms with Crippen LogP contribution in [0.2, 0.25) is 0 Å². The van der Waals surface area contributed by atoms with Gasteiger partial charge in [-0.05, 0) is 30.7 Å². The fraction of sp³-hybridized carbons (Fsp3) is 0.188. The lowest BCUT2D eigenvalue weighted by Crippen LogP contribution is -1.88. The predicted octanol–water partition coefficient (Wildman–Crippen LogP) is 3.33. The van der Waals surface area contributed by atoms with Gasteiger partial charge < -0.3 is 9.84 Å². The molecule has 0 aromatic heterocycles. The van der Waals surface area contributed by atoms with Gasteiger partial charge in [-0.3, -0.25) is 4.99 Å². The molecule has 0 bridgehead atoms.